The van der Waals surface area contributed by atoms with Crippen LogP contribution in [-0.4, -0.2) is 16.1 Å². The highest BCUT2D eigenvalue weighted by Gasteiger charge is 2.19. The van der Waals surface area contributed by atoms with E-state index in [0.29, 0.717) is 12.0 Å². The van der Waals surface area contributed by atoms with Gasteiger partial charge in [-0.15, -0.1) is 0 Å². The van der Waals surface area contributed by atoms with Crippen LogP contribution in [0.2, 0.25) is 0 Å². The van der Waals surface area contributed by atoms with E-state index in [2.05, 4.69) is 41.8 Å². The molecule has 1 fully saturated rings. The molecule has 1 aromatic rings. The van der Waals surface area contributed by atoms with Gasteiger partial charge in [0.05, 0.1) is 12.0 Å². The summed E-state index contributed by atoms with van der Waals surface area (Å²) < 4.78 is 2.33. The highest BCUT2D eigenvalue weighted by atomic mass is 15.1. The predicted molar refractivity (Wildman–Crippen MR) is 75.4 cm³/mol. The van der Waals surface area contributed by atoms with Crippen molar-refractivity contribution in [2.75, 3.05) is 6.54 Å². The molecule has 0 bridgehead atoms. The van der Waals surface area contributed by atoms with Gasteiger partial charge in [-0.3, -0.25) is 0 Å². The van der Waals surface area contributed by atoms with E-state index < -0.39 is 0 Å². The summed E-state index contributed by atoms with van der Waals surface area (Å²) in [6.07, 6.45) is 9.61. The molecular weight excluding hydrogens is 222 g/mol. The van der Waals surface area contributed by atoms with Crippen molar-refractivity contribution in [3.63, 3.8) is 0 Å². The van der Waals surface area contributed by atoms with Gasteiger partial charge in [-0.2, -0.15) is 0 Å². The van der Waals surface area contributed by atoms with Gasteiger partial charge in [-0.25, -0.2) is 4.98 Å². The van der Waals surface area contributed by atoms with Crippen LogP contribution < -0.4 is 5.32 Å². The van der Waals surface area contributed by atoms with Gasteiger partial charge in [-0.1, -0.05) is 20.8 Å². The number of nitrogens with one attached hydrogen (secondary N) is 1. The van der Waals surface area contributed by atoms with Crippen molar-refractivity contribution in [2.45, 2.75) is 59.0 Å². The SMILES string of the molecule is CC(C)CNCc1cn(C2CCC(C)CC2)cn1. The Balaban J connectivity index is 1.82. The molecule has 2 rings (SSSR count). The Kier molecular flexibility index (Phi) is 4.81. The summed E-state index contributed by atoms with van der Waals surface area (Å²) in [7, 11) is 0. The summed E-state index contributed by atoms with van der Waals surface area (Å²) >= 11 is 0. The Hall–Kier alpha value is -0.830. The van der Waals surface area contributed by atoms with Crippen LogP contribution in [0.3, 0.4) is 0 Å². The van der Waals surface area contributed by atoms with Crippen LogP contribution in [0.4, 0.5) is 0 Å². The van der Waals surface area contributed by atoms with Crippen LogP contribution in [0.25, 0.3) is 0 Å². The van der Waals surface area contributed by atoms with Gasteiger partial charge in [0.15, 0.2) is 0 Å². The number of aromatic nitrogens is 2. The molecule has 1 heterocycles. The molecule has 1 aliphatic rings. The zero-order valence-corrected chi connectivity index (χ0v) is 12.0. The monoisotopic (exact) mass is 249 g/mol. The van der Waals surface area contributed by atoms with Crippen molar-refractivity contribution in [1.82, 2.24) is 14.9 Å². The predicted octanol–water partition coefficient (Wildman–Crippen LogP) is 3.38. The summed E-state index contributed by atoms with van der Waals surface area (Å²) in [6.45, 7) is 8.79. The number of nitrogens with zero attached hydrogens (tertiary/aromatic N) is 2. The third kappa shape index (κ3) is 3.84. The molecule has 18 heavy (non-hydrogen) atoms. The second kappa shape index (κ2) is 6.37. The van der Waals surface area contributed by atoms with E-state index in [-0.39, 0.29) is 0 Å². The number of hydrogen-bond donors (Lipinski definition) is 1. The highest BCUT2D eigenvalue weighted by Crippen LogP contribution is 2.31. The third-order valence-corrected chi connectivity index (χ3v) is 3.92. The normalized spacial score (nSPS) is 24.7. The van der Waals surface area contributed by atoms with E-state index in [1.165, 1.54) is 31.4 Å². The molecular formula is C15H27N3. The molecule has 0 aliphatic heterocycles. The molecule has 0 saturated heterocycles. The topological polar surface area (TPSA) is 29.9 Å². The lowest BCUT2D eigenvalue weighted by Gasteiger charge is -2.26. The first kappa shape index (κ1) is 13.6. The van der Waals surface area contributed by atoms with E-state index in [4.69, 9.17) is 0 Å². The number of imidazole rings is 1. The summed E-state index contributed by atoms with van der Waals surface area (Å²) in [5.41, 5.74) is 1.18. The van der Waals surface area contributed by atoms with E-state index >= 15 is 0 Å². The Morgan fingerprint density at radius 2 is 2.06 bits per heavy atom. The summed E-state index contributed by atoms with van der Waals surface area (Å²) in [5.74, 6) is 1.61. The van der Waals surface area contributed by atoms with Gasteiger partial charge in [0.2, 0.25) is 0 Å². The lowest BCUT2D eigenvalue weighted by molar-refractivity contribution is 0.289. The molecule has 0 unspecified atom stereocenters. The van der Waals surface area contributed by atoms with E-state index in [9.17, 15) is 0 Å². The molecule has 1 N–H and O–H groups in total. The van der Waals surface area contributed by atoms with Crippen LogP contribution in [0, 0.1) is 11.8 Å². The molecule has 1 saturated carbocycles. The Labute approximate surface area is 111 Å². The van der Waals surface area contributed by atoms with Crippen molar-refractivity contribution < 1.29 is 0 Å². The molecule has 0 aromatic carbocycles. The second-order valence-electron chi connectivity index (χ2n) is 6.25. The van der Waals surface area contributed by atoms with E-state index in [1.54, 1.807) is 0 Å². The third-order valence-electron chi connectivity index (χ3n) is 3.92. The fraction of sp³-hybridized carbons (Fsp3) is 0.800. The van der Waals surface area contributed by atoms with Crippen LogP contribution in [0.5, 0.6) is 0 Å². The molecule has 1 aliphatic carbocycles. The fourth-order valence-electron chi connectivity index (χ4n) is 2.70. The van der Waals surface area contributed by atoms with Crippen LogP contribution in [0.1, 0.15) is 58.2 Å². The van der Waals surface area contributed by atoms with Gasteiger partial charge < -0.3 is 9.88 Å². The molecule has 3 nitrogen and oxygen atoms in total. The standard InChI is InChI=1S/C15H27N3/c1-12(2)8-16-9-14-10-18(11-17-14)15-6-4-13(3)5-7-15/h10-13,15-16H,4-9H2,1-3H3. The molecule has 3 heteroatoms. The minimum absolute atomic E-state index is 0.688. The van der Waals surface area contributed by atoms with Crippen molar-refractivity contribution in [3.05, 3.63) is 18.2 Å². The van der Waals surface area contributed by atoms with Crippen LogP contribution in [-0.2, 0) is 6.54 Å². The Morgan fingerprint density at radius 1 is 1.33 bits per heavy atom. The fourth-order valence-corrected chi connectivity index (χ4v) is 2.70. The Bertz CT molecular complexity index is 348. The van der Waals surface area contributed by atoms with Gasteiger partial charge >= 0.3 is 0 Å². The van der Waals surface area contributed by atoms with Gasteiger partial charge in [0.25, 0.3) is 0 Å². The molecule has 102 valence electrons. The second-order valence-corrected chi connectivity index (χ2v) is 6.25. The smallest absolute Gasteiger partial charge is 0.0952 e. The average Bonchev–Trinajstić information content (AvgIpc) is 2.78. The minimum Gasteiger partial charge on any atom is -0.334 e. The number of hydrogen-bond acceptors (Lipinski definition) is 2. The average molecular weight is 249 g/mol. The van der Waals surface area contributed by atoms with Crippen molar-refractivity contribution in [1.29, 1.82) is 0 Å². The summed E-state index contributed by atoms with van der Waals surface area (Å²) in [5, 5.41) is 3.45. The molecule has 0 spiro atoms. The highest BCUT2D eigenvalue weighted by molar-refractivity contribution is 4.98. The molecule has 0 radical (unpaired) electrons. The quantitative estimate of drug-likeness (QED) is 0.867. The maximum absolute atomic E-state index is 4.51. The van der Waals surface area contributed by atoms with Crippen LogP contribution >= 0.6 is 0 Å². The van der Waals surface area contributed by atoms with E-state index in [1.807, 2.05) is 6.33 Å². The Morgan fingerprint density at radius 3 is 2.72 bits per heavy atom. The van der Waals surface area contributed by atoms with Gasteiger partial charge in [0, 0.05) is 18.8 Å². The first-order valence-corrected chi connectivity index (χ1v) is 7.38. The van der Waals surface area contributed by atoms with E-state index in [0.717, 1.165) is 19.0 Å². The lowest BCUT2D eigenvalue weighted by atomic mass is 9.87. The van der Waals surface area contributed by atoms with Crippen LogP contribution in [0.15, 0.2) is 12.5 Å². The van der Waals surface area contributed by atoms with Crippen molar-refractivity contribution >= 4 is 0 Å². The summed E-state index contributed by atoms with van der Waals surface area (Å²) in [6, 6.07) is 0.688. The first-order chi connectivity index (χ1) is 8.65. The zero-order chi connectivity index (χ0) is 13.0. The molecule has 1 aromatic heterocycles. The maximum atomic E-state index is 4.51. The maximum Gasteiger partial charge on any atom is 0.0952 e. The summed E-state index contributed by atoms with van der Waals surface area (Å²) in [4.78, 5) is 4.51. The zero-order valence-electron chi connectivity index (χ0n) is 12.0. The minimum atomic E-state index is 0.688. The van der Waals surface area contributed by atoms with Gasteiger partial charge in [0.1, 0.15) is 0 Å². The first-order valence-electron chi connectivity index (χ1n) is 7.38. The molecule has 0 atom stereocenters. The van der Waals surface area contributed by atoms with Gasteiger partial charge in [-0.05, 0) is 44.1 Å². The lowest BCUT2D eigenvalue weighted by Crippen LogP contribution is -2.19. The number of rotatable bonds is 5. The molecule has 0 amide bonds. The van der Waals surface area contributed by atoms with Crippen molar-refractivity contribution in [3.8, 4) is 0 Å². The largest absolute Gasteiger partial charge is 0.334 e. The van der Waals surface area contributed by atoms with Crippen molar-refractivity contribution in [2.24, 2.45) is 11.8 Å².